The molecule has 0 atom stereocenters. The molecular formula is C20H14BrN3O4S. The lowest BCUT2D eigenvalue weighted by Gasteiger charge is -2.07. The van der Waals surface area contributed by atoms with Crippen LogP contribution in [0.3, 0.4) is 0 Å². The summed E-state index contributed by atoms with van der Waals surface area (Å²) in [5.74, 6) is -0.751. The zero-order valence-corrected chi connectivity index (χ0v) is 17.3. The van der Waals surface area contributed by atoms with Gasteiger partial charge < -0.3 is 9.47 Å². The van der Waals surface area contributed by atoms with Gasteiger partial charge in [-0.3, -0.25) is 10.1 Å². The predicted octanol–water partition coefficient (Wildman–Crippen LogP) is 4.00. The summed E-state index contributed by atoms with van der Waals surface area (Å²) in [7, 11) is 0. The Morgan fingerprint density at radius 2 is 1.97 bits per heavy atom. The average Bonchev–Trinajstić information content (AvgIpc) is 3.19. The van der Waals surface area contributed by atoms with Gasteiger partial charge >= 0.3 is 5.97 Å². The summed E-state index contributed by atoms with van der Waals surface area (Å²) in [5, 5.41) is 13.6. The van der Waals surface area contributed by atoms with Crippen molar-refractivity contribution < 1.29 is 19.1 Å². The summed E-state index contributed by atoms with van der Waals surface area (Å²) in [5.41, 5.74) is 2.14. The van der Waals surface area contributed by atoms with Gasteiger partial charge in [-0.1, -0.05) is 28.1 Å². The van der Waals surface area contributed by atoms with E-state index in [2.05, 4.69) is 26.2 Å². The number of thiazole rings is 1. The van der Waals surface area contributed by atoms with E-state index >= 15 is 0 Å². The number of benzene rings is 2. The first-order valence-electron chi connectivity index (χ1n) is 8.33. The lowest BCUT2D eigenvalue weighted by molar-refractivity contribution is -0.149. The fraction of sp³-hybridized carbons (Fsp3) is 0.100. The van der Waals surface area contributed by atoms with Crippen molar-refractivity contribution in [2.75, 3.05) is 18.5 Å². The molecule has 3 aromatic rings. The second-order valence-corrected chi connectivity index (χ2v) is 7.46. The third-order valence-corrected chi connectivity index (χ3v) is 4.83. The highest BCUT2D eigenvalue weighted by atomic mass is 79.9. The molecule has 9 heteroatoms. The predicted molar refractivity (Wildman–Crippen MR) is 111 cm³/mol. The van der Waals surface area contributed by atoms with E-state index < -0.39 is 18.5 Å². The van der Waals surface area contributed by atoms with Crippen LogP contribution in [0.25, 0.3) is 11.3 Å². The summed E-state index contributed by atoms with van der Waals surface area (Å²) >= 11 is 4.69. The van der Waals surface area contributed by atoms with Crippen molar-refractivity contribution in [1.82, 2.24) is 4.98 Å². The molecule has 1 aromatic heterocycles. The summed E-state index contributed by atoms with van der Waals surface area (Å²) in [4.78, 5) is 28.0. The maximum Gasteiger partial charge on any atom is 0.344 e. The molecule has 0 saturated heterocycles. The van der Waals surface area contributed by atoms with Crippen molar-refractivity contribution in [2.45, 2.75) is 0 Å². The fourth-order valence-corrected chi connectivity index (χ4v) is 3.36. The molecule has 0 aliphatic rings. The molecule has 29 heavy (non-hydrogen) atoms. The molecule has 0 fully saturated rings. The molecule has 1 amide bonds. The van der Waals surface area contributed by atoms with Gasteiger partial charge in [-0.2, -0.15) is 5.26 Å². The normalized spacial score (nSPS) is 10.1. The lowest BCUT2D eigenvalue weighted by Crippen LogP contribution is -2.23. The van der Waals surface area contributed by atoms with Gasteiger partial charge in [0.15, 0.2) is 18.3 Å². The number of hydrogen-bond acceptors (Lipinski definition) is 7. The van der Waals surface area contributed by atoms with Gasteiger partial charge in [0.05, 0.1) is 17.3 Å². The maximum absolute atomic E-state index is 12.0. The molecule has 1 heterocycles. The number of rotatable bonds is 7. The first kappa shape index (κ1) is 20.5. The molecule has 0 radical (unpaired) electrons. The number of carbonyl (C=O) groups is 2. The monoisotopic (exact) mass is 471 g/mol. The minimum Gasteiger partial charge on any atom is -0.482 e. The van der Waals surface area contributed by atoms with E-state index in [1.165, 1.54) is 11.3 Å². The average molecular weight is 472 g/mol. The Hall–Kier alpha value is -3.22. The zero-order valence-electron chi connectivity index (χ0n) is 14.9. The van der Waals surface area contributed by atoms with Crippen LogP contribution in [0, 0.1) is 11.3 Å². The van der Waals surface area contributed by atoms with E-state index in [4.69, 9.17) is 14.7 Å². The number of nitrogens with one attached hydrogen (secondary N) is 1. The molecule has 0 aliphatic carbocycles. The smallest absolute Gasteiger partial charge is 0.344 e. The number of aromatic nitrogens is 1. The topological polar surface area (TPSA) is 101 Å². The van der Waals surface area contributed by atoms with Gasteiger partial charge in [-0.15, -0.1) is 11.3 Å². The minimum absolute atomic E-state index is 0.344. The van der Waals surface area contributed by atoms with Crippen molar-refractivity contribution in [3.63, 3.8) is 0 Å². The largest absolute Gasteiger partial charge is 0.482 e. The van der Waals surface area contributed by atoms with Gasteiger partial charge in [0, 0.05) is 15.4 Å². The third-order valence-electron chi connectivity index (χ3n) is 3.58. The Labute approximate surface area is 179 Å². The van der Waals surface area contributed by atoms with Gasteiger partial charge in [-0.05, 0) is 36.4 Å². The molecule has 0 saturated carbocycles. The fourth-order valence-electron chi connectivity index (χ4n) is 2.22. The highest BCUT2D eigenvalue weighted by molar-refractivity contribution is 9.10. The number of amides is 1. The second-order valence-electron chi connectivity index (χ2n) is 5.68. The molecule has 0 unspecified atom stereocenters. The Morgan fingerprint density at radius 1 is 1.17 bits per heavy atom. The molecule has 1 N–H and O–H groups in total. The second kappa shape index (κ2) is 9.82. The number of esters is 1. The van der Waals surface area contributed by atoms with Crippen molar-refractivity contribution in [3.05, 3.63) is 63.9 Å². The standard InChI is InChI=1S/C20H14BrN3O4S/c21-15-3-1-2-14(8-15)17-12-29-20(23-17)24-18(25)10-28-19(26)11-27-16-6-4-13(9-22)5-7-16/h1-8,12H,10-11H2,(H,23,24,25). The van der Waals surface area contributed by atoms with E-state index in [9.17, 15) is 9.59 Å². The Morgan fingerprint density at radius 3 is 2.69 bits per heavy atom. The number of nitrogens with zero attached hydrogens (tertiary/aromatic N) is 2. The highest BCUT2D eigenvalue weighted by Gasteiger charge is 2.11. The lowest BCUT2D eigenvalue weighted by atomic mass is 10.2. The van der Waals surface area contributed by atoms with Gasteiger partial charge in [0.25, 0.3) is 5.91 Å². The quantitative estimate of drug-likeness (QED) is 0.522. The van der Waals surface area contributed by atoms with Crippen LogP contribution >= 0.6 is 27.3 Å². The molecule has 146 valence electrons. The highest BCUT2D eigenvalue weighted by Crippen LogP contribution is 2.26. The zero-order chi connectivity index (χ0) is 20.6. The van der Waals surface area contributed by atoms with Crippen LogP contribution in [-0.2, 0) is 14.3 Å². The summed E-state index contributed by atoms with van der Waals surface area (Å²) < 4.78 is 11.1. The SMILES string of the molecule is N#Cc1ccc(OCC(=O)OCC(=O)Nc2nc(-c3cccc(Br)c3)cs2)cc1. The van der Waals surface area contributed by atoms with E-state index in [0.29, 0.717) is 16.4 Å². The number of anilines is 1. The number of halogens is 1. The third kappa shape index (κ3) is 6.14. The van der Waals surface area contributed by atoms with Crippen molar-refractivity contribution in [1.29, 1.82) is 5.26 Å². The Kier molecular flexibility index (Phi) is 6.94. The van der Waals surface area contributed by atoms with Crippen molar-refractivity contribution >= 4 is 44.3 Å². The van der Waals surface area contributed by atoms with Crippen LogP contribution in [0.1, 0.15) is 5.56 Å². The number of nitriles is 1. The number of hydrogen-bond donors (Lipinski definition) is 1. The summed E-state index contributed by atoms with van der Waals surface area (Å²) in [6.45, 7) is -0.787. The molecule has 3 rings (SSSR count). The van der Waals surface area contributed by atoms with E-state index in [-0.39, 0.29) is 6.61 Å². The summed E-state index contributed by atoms with van der Waals surface area (Å²) in [6.07, 6.45) is 0. The van der Waals surface area contributed by atoms with E-state index in [1.54, 1.807) is 24.3 Å². The van der Waals surface area contributed by atoms with Crippen LogP contribution in [0.15, 0.2) is 58.4 Å². The maximum atomic E-state index is 12.0. The molecule has 0 bridgehead atoms. The van der Waals surface area contributed by atoms with E-state index in [1.807, 2.05) is 35.7 Å². The van der Waals surface area contributed by atoms with Crippen LogP contribution in [-0.4, -0.2) is 30.1 Å². The minimum atomic E-state index is -0.682. The van der Waals surface area contributed by atoms with Crippen LogP contribution < -0.4 is 10.1 Å². The van der Waals surface area contributed by atoms with Gasteiger partial charge in [-0.25, -0.2) is 9.78 Å². The van der Waals surface area contributed by atoms with Gasteiger partial charge in [0.2, 0.25) is 0 Å². The molecule has 2 aromatic carbocycles. The van der Waals surface area contributed by atoms with Crippen LogP contribution in [0.2, 0.25) is 0 Å². The molecular weight excluding hydrogens is 458 g/mol. The van der Waals surface area contributed by atoms with Crippen molar-refractivity contribution in [2.24, 2.45) is 0 Å². The Bertz CT molecular complexity index is 1060. The first-order chi connectivity index (χ1) is 14.0. The van der Waals surface area contributed by atoms with Crippen LogP contribution in [0.4, 0.5) is 5.13 Å². The number of ether oxygens (including phenoxy) is 2. The molecule has 0 spiro atoms. The summed E-state index contributed by atoms with van der Waals surface area (Å²) in [6, 6.07) is 15.9. The Balaban J connectivity index is 1.43. The number of carbonyl (C=O) groups excluding carboxylic acids is 2. The first-order valence-corrected chi connectivity index (χ1v) is 10.0. The van der Waals surface area contributed by atoms with E-state index in [0.717, 1.165) is 15.7 Å². The van der Waals surface area contributed by atoms with Crippen molar-refractivity contribution in [3.8, 4) is 23.1 Å². The molecule has 0 aliphatic heterocycles. The van der Waals surface area contributed by atoms with Gasteiger partial charge in [0.1, 0.15) is 5.75 Å². The molecule has 7 nitrogen and oxygen atoms in total. The van der Waals surface area contributed by atoms with Crippen LogP contribution in [0.5, 0.6) is 5.75 Å².